The third-order valence-corrected chi connectivity index (χ3v) is 4.43. The maximum atomic E-state index is 12.2. The molecule has 1 aromatic carbocycles. The van der Waals surface area contributed by atoms with E-state index in [1.165, 1.54) is 5.56 Å². The lowest BCUT2D eigenvalue weighted by molar-refractivity contribution is -0.0644. The van der Waals surface area contributed by atoms with Crippen molar-refractivity contribution < 1.29 is 9.53 Å². The number of piperidine rings is 1. The van der Waals surface area contributed by atoms with E-state index in [0.717, 1.165) is 51.9 Å². The number of rotatable bonds is 3. The Morgan fingerprint density at radius 2 is 1.90 bits per heavy atom. The van der Waals surface area contributed by atoms with E-state index in [1.807, 2.05) is 23.1 Å². The van der Waals surface area contributed by atoms with Gasteiger partial charge in [0.05, 0.1) is 0 Å². The van der Waals surface area contributed by atoms with Crippen LogP contribution in [0.25, 0.3) is 0 Å². The summed E-state index contributed by atoms with van der Waals surface area (Å²) in [6.07, 6.45) is 3.63. The van der Waals surface area contributed by atoms with E-state index in [0.29, 0.717) is 0 Å². The van der Waals surface area contributed by atoms with Gasteiger partial charge in [-0.3, -0.25) is 0 Å². The summed E-state index contributed by atoms with van der Waals surface area (Å²) in [6, 6.07) is 10.3. The predicted molar refractivity (Wildman–Crippen MR) is 77.7 cm³/mol. The first kappa shape index (κ1) is 13.4. The van der Waals surface area contributed by atoms with Crippen LogP contribution in [0.2, 0.25) is 0 Å². The molecule has 0 radical (unpaired) electrons. The molecular weight excluding hydrogens is 252 g/mol. The lowest BCUT2D eigenvalue weighted by Crippen LogP contribution is -2.54. The fourth-order valence-corrected chi connectivity index (χ4v) is 3.08. The van der Waals surface area contributed by atoms with Crippen LogP contribution in [0.5, 0.6) is 0 Å². The summed E-state index contributed by atoms with van der Waals surface area (Å²) in [7, 11) is 0. The van der Waals surface area contributed by atoms with E-state index in [1.54, 1.807) is 0 Å². The largest absolute Gasteiger partial charge is 0.443 e. The normalized spacial score (nSPS) is 21.8. The molecule has 2 fully saturated rings. The van der Waals surface area contributed by atoms with Crippen LogP contribution < -0.4 is 5.32 Å². The molecule has 1 N–H and O–H groups in total. The second-order valence-corrected chi connectivity index (χ2v) is 5.77. The van der Waals surface area contributed by atoms with Crippen LogP contribution in [0.1, 0.15) is 24.8 Å². The molecule has 4 heteroatoms. The number of nitrogens with zero attached hydrogens (tertiary/aromatic N) is 1. The van der Waals surface area contributed by atoms with Gasteiger partial charge < -0.3 is 15.0 Å². The van der Waals surface area contributed by atoms with Crippen LogP contribution in [-0.4, -0.2) is 42.8 Å². The fourth-order valence-electron chi connectivity index (χ4n) is 3.08. The number of ether oxygens (including phenoxy) is 1. The molecule has 0 aromatic heterocycles. The second-order valence-electron chi connectivity index (χ2n) is 5.77. The standard InChI is InChI=1S/C16H22N2O2/c19-15-18(12-6-14-4-2-1-3-5-14)13-9-16(20-15)7-10-17-11-8-16/h1-5,17H,6-13H2. The highest BCUT2D eigenvalue weighted by molar-refractivity contribution is 5.69. The van der Waals surface area contributed by atoms with Crippen molar-refractivity contribution in [3.05, 3.63) is 35.9 Å². The van der Waals surface area contributed by atoms with Gasteiger partial charge in [-0.05, 0) is 37.9 Å². The molecule has 0 atom stereocenters. The van der Waals surface area contributed by atoms with E-state index in [2.05, 4.69) is 17.4 Å². The van der Waals surface area contributed by atoms with Crippen molar-refractivity contribution in [2.75, 3.05) is 26.2 Å². The number of nitrogens with one attached hydrogen (secondary N) is 1. The summed E-state index contributed by atoms with van der Waals surface area (Å²) in [5.74, 6) is 0. The molecule has 2 aliphatic rings. The molecular formula is C16H22N2O2. The summed E-state index contributed by atoms with van der Waals surface area (Å²) >= 11 is 0. The third kappa shape index (κ3) is 2.96. The molecule has 1 aromatic rings. The Bertz CT molecular complexity index is 455. The molecule has 0 unspecified atom stereocenters. The molecule has 3 rings (SSSR count). The average Bonchev–Trinajstić information content (AvgIpc) is 2.48. The van der Waals surface area contributed by atoms with E-state index >= 15 is 0 Å². The Labute approximate surface area is 120 Å². The predicted octanol–water partition coefficient (Wildman–Crippen LogP) is 2.19. The number of carbonyl (C=O) groups is 1. The van der Waals surface area contributed by atoms with Crippen molar-refractivity contribution in [2.24, 2.45) is 0 Å². The number of hydrogen-bond acceptors (Lipinski definition) is 3. The van der Waals surface area contributed by atoms with Crippen molar-refractivity contribution in [3.8, 4) is 0 Å². The molecule has 1 amide bonds. The number of carbonyl (C=O) groups excluding carboxylic acids is 1. The molecule has 20 heavy (non-hydrogen) atoms. The van der Waals surface area contributed by atoms with Crippen molar-refractivity contribution in [1.82, 2.24) is 10.2 Å². The summed E-state index contributed by atoms with van der Waals surface area (Å²) < 4.78 is 5.76. The van der Waals surface area contributed by atoms with E-state index < -0.39 is 0 Å². The van der Waals surface area contributed by atoms with Crippen molar-refractivity contribution >= 4 is 6.09 Å². The molecule has 0 aliphatic carbocycles. The zero-order chi connectivity index (χ0) is 13.8. The van der Waals surface area contributed by atoms with Crippen LogP contribution in [-0.2, 0) is 11.2 Å². The van der Waals surface area contributed by atoms with Crippen LogP contribution >= 0.6 is 0 Å². The number of benzene rings is 1. The van der Waals surface area contributed by atoms with Gasteiger partial charge in [0.2, 0.25) is 0 Å². The second kappa shape index (κ2) is 5.83. The highest BCUT2D eigenvalue weighted by Gasteiger charge is 2.41. The van der Waals surface area contributed by atoms with Crippen LogP contribution in [0.3, 0.4) is 0 Å². The van der Waals surface area contributed by atoms with Gasteiger partial charge in [0, 0.05) is 19.5 Å². The Kier molecular flexibility index (Phi) is 3.92. The van der Waals surface area contributed by atoms with Gasteiger partial charge in [-0.25, -0.2) is 4.79 Å². The molecule has 1 spiro atoms. The maximum absolute atomic E-state index is 12.2. The van der Waals surface area contributed by atoms with Gasteiger partial charge in [-0.1, -0.05) is 30.3 Å². The summed E-state index contributed by atoms with van der Waals surface area (Å²) in [5, 5.41) is 3.32. The monoisotopic (exact) mass is 274 g/mol. The maximum Gasteiger partial charge on any atom is 0.410 e. The minimum atomic E-state index is -0.189. The molecule has 2 heterocycles. The van der Waals surface area contributed by atoms with E-state index in [9.17, 15) is 4.79 Å². The van der Waals surface area contributed by atoms with Crippen LogP contribution in [0.15, 0.2) is 30.3 Å². The van der Waals surface area contributed by atoms with E-state index in [4.69, 9.17) is 4.74 Å². The minimum absolute atomic E-state index is 0.130. The van der Waals surface area contributed by atoms with Gasteiger partial charge in [-0.15, -0.1) is 0 Å². The Balaban J connectivity index is 1.54. The summed E-state index contributed by atoms with van der Waals surface area (Å²) in [6.45, 7) is 3.48. The quantitative estimate of drug-likeness (QED) is 0.918. The number of amides is 1. The topological polar surface area (TPSA) is 41.6 Å². The number of hydrogen-bond donors (Lipinski definition) is 1. The Morgan fingerprint density at radius 3 is 2.60 bits per heavy atom. The first-order valence-corrected chi connectivity index (χ1v) is 7.50. The summed E-state index contributed by atoms with van der Waals surface area (Å²) in [4.78, 5) is 14.0. The minimum Gasteiger partial charge on any atom is -0.443 e. The molecule has 4 nitrogen and oxygen atoms in total. The third-order valence-electron chi connectivity index (χ3n) is 4.43. The lowest BCUT2D eigenvalue weighted by atomic mass is 9.87. The fraction of sp³-hybridized carbons (Fsp3) is 0.562. The lowest BCUT2D eigenvalue weighted by Gasteiger charge is -2.43. The van der Waals surface area contributed by atoms with Gasteiger partial charge in [0.15, 0.2) is 0 Å². The van der Waals surface area contributed by atoms with Gasteiger partial charge in [-0.2, -0.15) is 0 Å². The van der Waals surface area contributed by atoms with Crippen molar-refractivity contribution in [1.29, 1.82) is 0 Å². The van der Waals surface area contributed by atoms with Crippen molar-refractivity contribution in [2.45, 2.75) is 31.3 Å². The first-order chi connectivity index (χ1) is 9.77. The first-order valence-electron chi connectivity index (χ1n) is 7.50. The Hall–Kier alpha value is -1.55. The average molecular weight is 274 g/mol. The molecule has 0 bridgehead atoms. The zero-order valence-corrected chi connectivity index (χ0v) is 11.8. The highest BCUT2D eigenvalue weighted by Crippen LogP contribution is 2.31. The molecule has 0 saturated carbocycles. The van der Waals surface area contributed by atoms with E-state index in [-0.39, 0.29) is 11.7 Å². The highest BCUT2D eigenvalue weighted by atomic mass is 16.6. The van der Waals surface area contributed by atoms with Crippen LogP contribution in [0, 0.1) is 0 Å². The molecule has 108 valence electrons. The van der Waals surface area contributed by atoms with Gasteiger partial charge >= 0.3 is 6.09 Å². The zero-order valence-electron chi connectivity index (χ0n) is 11.8. The van der Waals surface area contributed by atoms with Crippen molar-refractivity contribution in [3.63, 3.8) is 0 Å². The molecule has 2 aliphatic heterocycles. The van der Waals surface area contributed by atoms with Gasteiger partial charge in [0.25, 0.3) is 0 Å². The summed E-state index contributed by atoms with van der Waals surface area (Å²) in [5.41, 5.74) is 1.08. The smallest absolute Gasteiger partial charge is 0.410 e. The van der Waals surface area contributed by atoms with Crippen LogP contribution in [0.4, 0.5) is 4.79 Å². The SMILES string of the molecule is O=C1OC2(CCNCC2)CCN1CCc1ccccc1. The molecule has 2 saturated heterocycles. The van der Waals surface area contributed by atoms with Gasteiger partial charge in [0.1, 0.15) is 5.60 Å². The Morgan fingerprint density at radius 1 is 1.15 bits per heavy atom.